The summed E-state index contributed by atoms with van der Waals surface area (Å²) in [5.41, 5.74) is 9.34. The van der Waals surface area contributed by atoms with Crippen molar-refractivity contribution >= 4 is 22.6 Å². The van der Waals surface area contributed by atoms with Gasteiger partial charge < -0.3 is 15.0 Å². The number of hydrogen-bond donors (Lipinski definition) is 1. The van der Waals surface area contributed by atoms with E-state index in [1.54, 1.807) is 19.2 Å². The number of primary amides is 1. The number of aromatic nitrogens is 1. The molecular weight excluding hydrogens is 364 g/mol. The van der Waals surface area contributed by atoms with Crippen LogP contribution in [0, 0.1) is 5.92 Å². The van der Waals surface area contributed by atoms with Crippen molar-refractivity contribution in [3.63, 3.8) is 0 Å². The van der Waals surface area contributed by atoms with E-state index in [1.165, 1.54) is 0 Å². The number of carbonyl (C=O) groups is 2. The van der Waals surface area contributed by atoms with Crippen LogP contribution >= 0.6 is 0 Å². The predicted molar refractivity (Wildman–Crippen MR) is 115 cm³/mol. The van der Waals surface area contributed by atoms with E-state index in [4.69, 9.17) is 10.5 Å². The number of Topliss-reactive ketones (excluding diaryl/α,β-unsaturated/α-hetero) is 1. The highest BCUT2D eigenvalue weighted by Crippen LogP contribution is 2.35. The van der Waals surface area contributed by atoms with Crippen molar-refractivity contribution in [1.82, 2.24) is 4.57 Å². The average Bonchev–Trinajstić information content (AvgIpc) is 3.02. The van der Waals surface area contributed by atoms with Crippen LogP contribution in [0.1, 0.15) is 65.4 Å². The molecule has 3 aromatic rings. The molecular formula is C24H28N2O3. The largest absolute Gasteiger partial charge is 0.366 e. The van der Waals surface area contributed by atoms with Crippen LogP contribution in [-0.2, 0) is 11.2 Å². The van der Waals surface area contributed by atoms with Gasteiger partial charge in [-0.15, -0.1) is 0 Å². The monoisotopic (exact) mass is 392 g/mol. The Balaban J connectivity index is 2.41. The molecule has 29 heavy (non-hydrogen) atoms. The van der Waals surface area contributed by atoms with Crippen LogP contribution < -0.4 is 5.73 Å². The lowest BCUT2D eigenvalue weighted by atomic mass is 9.96. The quantitative estimate of drug-likeness (QED) is 0.564. The van der Waals surface area contributed by atoms with Crippen LogP contribution in [0.5, 0.6) is 0 Å². The summed E-state index contributed by atoms with van der Waals surface area (Å²) in [4.78, 5) is 25.0. The normalized spacial score (nSPS) is 12.4. The average molecular weight is 392 g/mol. The van der Waals surface area contributed by atoms with Gasteiger partial charge in [0.1, 0.15) is 0 Å². The minimum atomic E-state index is -0.498. The predicted octanol–water partition coefficient (Wildman–Crippen LogP) is 4.72. The Bertz CT molecular complexity index is 1040. The molecule has 152 valence electrons. The van der Waals surface area contributed by atoms with Crippen LogP contribution in [-0.4, -0.2) is 23.4 Å². The molecule has 0 aliphatic rings. The minimum absolute atomic E-state index is 0.0898. The number of ether oxygens (including phenoxy) is 1. The molecule has 2 aromatic carbocycles. The maximum atomic E-state index is 13.2. The molecule has 1 unspecified atom stereocenters. The van der Waals surface area contributed by atoms with E-state index in [0.717, 1.165) is 35.0 Å². The van der Waals surface area contributed by atoms with E-state index < -0.39 is 12.1 Å². The van der Waals surface area contributed by atoms with Gasteiger partial charge >= 0.3 is 0 Å². The molecule has 5 nitrogen and oxygen atoms in total. The van der Waals surface area contributed by atoms with Crippen LogP contribution in [0.4, 0.5) is 0 Å². The fraction of sp³-hybridized carbons (Fsp3) is 0.333. The number of nitrogens with zero attached hydrogens (tertiary/aromatic N) is 1. The van der Waals surface area contributed by atoms with E-state index >= 15 is 0 Å². The van der Waals surface area contributed by atoms with Crippen LogP contribution in [0.15, 0.2) is 48.5 Å². The summed E-state index contributed by atoms with van der Waals surface area (Å²) in [5, 5.41) is 0.829. The van der Waals surface area contributed by atoms with Gasteiger partial charge in [-0.2, -0.15) is 0 Å². The van der Waals surface area contributed by atoms with Gasteiger partial charge in [0.15, 0.2) is 12.0 Å². The van der Waals surface area contributed by atoms with Gasteiger partial charge in [-0.1, -0.05) is 63.6 Å². The standard InChI is InChI=1S/C24H28N2O3/c1-5-9-19-21(22(27)15(2)3)18-13-12-17(23(25)28)14-20(18)26(19)24(29-4)16-10-7-6-8-11-16/h6-8,10-15,24H,5,9H2,1-4H3,(H2,25,28). The highest BCUT2D eigenvalue weighted by atomic mass is 16.5. The molecule has 1 amide bonds. The summed E-state index contributed by atoms with van der Waals surface area (Å²) in [6.45, 7) is 5.90. The summed E-state index contributed by atoms with van der Waals surface area (Å²) < 4.78 is 7.96. The minimum Gasteiger partial charge on any atom is -0.366 e. The molecule has 0 aliphatic heterocycles. The molecule has 1 atom stereocenters. The second-order valence-electron chi connectivity index (χ2n) is 7.56. The molecule has 3 rings (SSSR count). The number of methoxy groups -OCH3 is 1. The molecule has 0 saturated carbocycles. The maximum Gasteiger partial charge on any atom is 0.248 e. The Labute approximate surface area is 171 Å². The topological polar surface area (TPSA) is 74.3 Å². The van der Waals surface area contributed by atoms with E-state index in [2.05, 4.69) is 11.5 Å². The van der Waals surface area contributed by atoms with Crippen LogP contribution in [0.3, 0.4) is 0 Å². The maximum absolute atomic E-state index is 13.2. The summed E-state index contributed by atoms with van der Waals surface area (Å²) in [7, 11) is 1.65. The lowest BCUT2D eigenvalue weighted by Gasteiger charge is -2.22. The van der Waals surface area contributed by atoms with Gasteiger partial charge in [-0.3, -0.25) is 9.59 Å². The Hall–Kier alpha value is -2.92. The summed E-state index contributed by atoms with van der Waals surface area (Å²) >= 11 is 0. The Morgan fingerprint density at radius 1 is 1.10 bits per heavy atom. The Morgan fingerprint density at radius 3 is 2.34 bits per heavy atom. The number of carbonyl (C=O) groups excluding carboxylic acids is 2. The van der Waals surface area contributed by atoms with Crippen molar-refractivity contribution < 1.29 is 14.3 Å². The van der Waals surface area contributed by atoms with Crippen LogP contribution in [0.2, 0.25) is 0 Å². The zero-order chi connectivity index (χ0) is 21.1. The molecule has 5 heteroatoms. The number of rotatable bonds is 8. The zero-order valence-corrected chi connectivity index (χ0v) is 17.4. The van der Waals surface area contributed by atoms with Gasteiger partial charge in [0.25, 0.3) is 0 Å². The number of ketones is 1. The van der Waals surface area contributed by atoms with Crippen molar-refractivity contribution in [1.29, 1.82) is 0 Å². The molecule has 2 N–H and O–H groups in total. The highest BCUT2D eigenvalue weighted by molar-refractivity contribution is 6.11. The number of amides is 1. The van der Waals surface area contributed by atoms with Gasteiger partial charge in [0.05, 0.1) is 5.52 Å². The molecule has 1 heterocycles. The summed E-state index contributed by atoms with van der Waals surface area (Å²) in [5.74, 6) is -0.549. The fourth-order valence-corrected chi connectivity index (χ4v) is 3.84. The molecule has 0 fully saturated rings. The third-order valence-electron chi connectivity index (χ3n) is 5.19. The SMILES string of the molecule is CCCc1c(C(=O)C(C)C)c2ccc(C(N)=O)cc2n1C(OC)c1ccccc1. The second kappa shape index (κ2) is 8.62. The molecule has 0 radical (unpaired) electrons. The second-order valence-corrected chi connectivity index (χ2v) is 7.56. The molecule has 0 bridgehead atoms. The van der Waals surface area contributed by atoms with Crippen molar-refractivity contribution in [2.75, 3.05) is 7.11 Å². The Kier molecular flexibility index (Phi) is 6.18. The van der Waals surface area contributed by atoms with Crippen molar-refractivity contribution in [3.8, 4) is 0 Å². The van der Waals surface area contributed by atoms with E-state index in [0.29, 0.717) is 11.1 Å². The lowest BCUT2D eigenvalue weighted by molar-refractivity contribution is 0.0794. The van der Waals surface area contributed by atoms with Gasteiger partial charge in [-0.05, 0) is 18.6 Å². The number of hydrogen-bond acceptors (Lipinski definition) is 3. The molecule has 0 saturated heterocycles. The fourth-order valence-electron chi connectivity index (χ4n) is 3.84. The van der Waals surface area contributed by atoms with Crippen molar-refractivity contribution in [2.45, 2.75) is 39.8 Å². The van der Waals surface area contributed by atoms with E-state index in [9.17, 15) is 9.59 Å². The van der Waals surface area contributed by atoms with Gasteiger partial charge in [0, 0.05) is 40.8 Å². The molecule has 0 spiro atoms. The number of fused-ring (bicyclic) bond motifs is 1. The first-order valence-corrected chi connectivity index (χ1v) is 9.99. The van der Waals surface area contributed by atoms with Crippen molar-refractivity contribution in [2.24, 2.45) is 11.7 Å². The zero-order valence-electron chi connectivity index (χ0n) is 17.4. The smallest absolute Gasteiger partial charge is 0.248 e. The third-order valence-corrected chi connectivity index (χ3v) is 5.19. The summed E-state index contributed by atoms with van der Waals surface area (Å²) in [6, 6.07) is 15.2. The van der Waals surface area contributed by atoms with Gasteiger partial charge in [0.2, 0.25) is 5.91 Å². The lowest BCUT2D eigenvalue weighted by Crippen LogP contribution is -2.18. The number of nitrogens with two attached hydrogens (primary N) is 1. The molecule has 0 aliphatic carbocycles. The third kappa shape index (κ3) is 3.83. The van der Waals surface area contributed by atoms with E-state index in [-0.39, 0.29) is 11.7 Å². The highest BCUT2D eigenvalue weighted by Gasteiger charge is 2.28. The van der Waals surface area contributed by atoms with Crippen LogP contribution in [0.25, 0.3) is 10.9 Å². The summed E-state index contributed by atoms with van der Waals surface area (Å²) in [6.07, 6.45) is 1.18. The first-order chi connectivity index (χ1) is 13.9. The first kappa shape index (κ1) is 20.8. The van der Waals surface area contributed by atoms with Gasteiger partial charge in [-0.25, -0.2) is 0 Å². The first-order valence-electron chi connectivity index (χ1n) is 9.99. The van der Waals surface area contributed by atoms with E-state index in [1.807, 2.05) is 50.2 Å². The molecule has 1 aromatic heterocycles. The van der Waals surface area contributed by atoms with Crippen molar-refractivity contribution in [3.05, 3.63) is 70.9 Å². The number of benzene rings is 2. The Morgan fingerprint density at radius 2 is 1.79 bits per heavy atom.